The van der Waals surface area contributed by atoms with Gasteiger partial charge in [-0.25, -0.2) is 9.18 Å². The average molecular weight is 286 g/mol. The number of hydrogen-bond acceptors (Lipinski definition) is 2. The zero-order valence-electron chi connectivity index (χ0n) is 7.75. The summed E-state index contributed by atoms with van der Waals surface area (Å²) in [6.45, 7) is 0. The molecule has 2 N–H and O–H groups in total. The van der Waals surface area contributed by atoms with Crippen LogP contribution in [-0.4, -0.2) is 16.1 Å². The molecule has 0 spiro atoms. The first-order valence-electron chi connectivity index (χ1n) is 4.25. The Morgan fingerprint density at radius 3 is 2.75 bits per heavy atom. The van der Waals surface area contributed by atoms with E-state index in [0.717, 1.165) is 6.07 Å². The van der Waals surface area contributed by atoms with E-state index >= 15 is 0 Å². The molecule has 2 aromatic rings. The molecule has 16 heavy (non-hydrogen) atoms. The SMILES string of the molecule is O=C(O)c1cc2c(Br)ccc(F)c2[nH]c1=O. The Morgan fingerprint density at radius 1 is 1.44 bits per heavy atom. The van der Waals surface area contributed by atoms with Crippen LogP contribution in [0.25, 0.3) is 10.9 Å². The summed E-state index contributed by atoms with van der Waals surface area (Å²) in [6.07, 6.45) is 0. The Kier molecular flexibility index (Phi) is 2.51. The van der Waals surface area contributed by atoms with Crippen LogP contribution >= 0.6 is 15.9 Å². The van der Waals surface area contributed by atoms with Crippen molar-refractivity contribution in [2.75, 3.05) is 0 Å². The highest BCUT2D eigenvalue weighted by molar-refractivity contribution is 9.10. The van der Waals surface area contributed by atoms with E-state index in [1.54, 1.807) is 0 Å². The summed E-state index contributed by atoms with van der Waals surface area (Å²) in [5, 5.41) is 9.07. The topological polar surface area (TPSA) is 70.2 Å². The van der Waals surface area contributed by atoms with Crippen molar-refractivity contribution in [1.29, 1.82) is 0 Å². The smallest absolute Gasteiger partial charge is 0.341 e. The van der Waals surface area contributed by atoms with Gasteiger partial charge in [0.25, 0.3) is 5.56 Å². The molecular formula is C10H5BrFNO3. The van der Waals surface area contributed by atoms with Gasteiger partial charge in [-0.2, -0.15) is 0 Å². The Hall–Kier alpha value is -1.69. The molecule has 0 radical (unpaired) electrons. The lowest BCUT2D eigenvalue weighted by molar-refractivity contribution is 0.0695. The Balaban J connectivity index is 2.95. The van der Waals surface area contributed by atoms with Crippen LogP contribution in [0.4, 0.5) is 4.39 Å². The predicted molar refractivity (Wildman–Crippen MR) is 59.2 cm³/mol. The largest absolute Gasteiger partial charge is 0.477 e. The molecule has 82 valence electrons. The van der Waals surface area contributed by atoms with Gasteiger partial charge in [0, 0.05) is 9.86 Å². The van der Waals surface area contributed by atoms with Crippen LogP contribution < -0.4 is 5.56 Å². The number of carboxylic acids is 1. The number of hydrogen-bond donors (Lipinski definition) is 2. The highest BCUT2D eigenvalue weighted by Gasteiger charge is 2.13. The van der Waals surface area contributed by atoms with Crippen LogP contribution in [0.2, 0.25) is 0 Å². The minimum atomic E-state index is -1.35. The maximum atomic E-state index is 13.3. The number of carboxylic acid groups (broad SMARTS) is 1. The van der Waals surface area contributed by atoms with Crippen molar-refractivity contribution in [2.45, 2.75) is 0 Å². The number of pyridine rings is 1. The van der Waals surface area contributed by atoms with E-state index in [4.69, 9.17) is 5.11 Å². The maximum absolute atomic E-state index is 13.3. The van der Waals surface area contributed by atoms with Crippen LogP contribution in [0, 0.1) is 5.82 Å². The van der Waals surface area contributed by atoms with Gasteiger partial charge in [-0.1, -0.05) is 15.9 Å². The Bertz CT molecular complexity index is 650. The minimum Gasteiger partial charge on any atom is -0.477 e. The van der Waals surface area contributed by atoms with E-state index in [2.05, 4.69) is 20.9 Å². The molecule has 0 amide bonds. The van der Waals surface area contributed by atoms with Crippen LogP contribution in [0.15, 0.2) is 27.5 Å². The van der Waals surface area contributed by atoms with E-state index in [0.29, 0.717) is 9.86 Å². The number of aromatic nitrogens is 1. The van der Waals surface area contributed by atoms with Crippen molar-refractivity contribution in [2.24, 2.45) is 0 Å². The van der Waals surface area contributed by atoms with Crippen molar-refractivity contribution in [1.82, 2.24) is 4.98 Å². The van der Waals surface area contributed by atoms with E-state index in [1.807, 2.05) is 0 Å². The molecule has 1 aromatic heterocycles. The molecule has 0 saturated carbocycles. The lowest BCUT2D eigenvalue weighted by atomic mass is 10.1. The summed E-state index contributed by atoms with van der Waals surface area (Å²) >= 11 is 3.16. The van der Waals surface area contributed by atoms with Crippen molar-refractivity contribution < 1.29 is 14.3 Å². The zero-order chi connectivity index (χ0) is 11.9. The van der Waals surface area contributed by atoms with Gasteiger partial charge in [0.15, 0.2) is 0 Å². The highest BCUT2D eigenvalue weighted by atomic mass is 79.9. The van der Waals surface area contributed by atoms with Crippen LogP contribution in [0.5, 0.6) is 0 Å². The third-order valence-electron chi connectivity index (χ3n) is 2.14. The lowest BCUT2D eigenvalue weighted by Crippen LogP contribution is -2.17. The molecule has 4 nitrogen and oxygen atoms in total. The molecule has 0 bridgehead atoms. The number of aromatic carboxylic acids is 1. The summed E-state index contributed by atoms with van der Waals surface area (Å²) in [5.41, 5.74) is -1.25. The van der Waals surface area contributed by atoms with Gasteiger partial charge in [-0.05, 0) is 18.2 Å². The fourth-order valence-corrected chi connectivity index (χ4v) is 1.83. The Morgan fingerprint density at radius 2 is 2.12 bits per heavy atom. The standard InChI is InChI=1S/C10H5BrFNO3/c11-6-1-2-7(12)8-4(6)3-5(10(15)16)9(14)13-8/h1-3H,(H,13,14)(H,15,16). The molecule has 1 aromatic carbocycles. The van der Waals surface area contributed by atoms with Gasteiger partial charge in [-0.3, -0.25) is 4.79 Å². The second-order valence-corrected chi connectivity index (χ2v) is 3.99. The molecule has 0 aliphatic carbocycles. The number of aromatic amines is 1. The highest BCUT2D eigenvalue weighted by Crippen LogP contribution is 2.24. The van der Waals surface area contributed by atoms with Crippen molar-refractivity contribution in [3.8, 4) is 0 Å². The molecule has 0 aliphatic rings. The first-order chi connectivity index (χ1) is 7.50. The summed E-state index contributed by atoms with van der Waals surface area (Å²) < 4.78 is 13.9. The molecule has 0 atom stereocenters. The molecule has 2 rings (SSSR count). The number of halogens is 2. The van der Waals surface area contributed by atoms with Crippen molar-refractivity contribution in [3.05, 3.63) is 44.4 Å². The van der Waals surface area contributed by atoms with Crippen LogP contribution in [0.3, 0.4) is 0 Å². The van der Waals surface area contributed by atoms with Gasteiger partial charge in [-0.15, -0.1) is 0 Å². The number of rotatable bonds is 1. The van der Waals surface area contributed by atoms with Gasteiger partial charge >= 0.3 is 5.97 Å². The van der Waals surface area contributed by atoms with Crippen LogP contribution in [-0.2, 0) is 0 Å². The van der Waals surface area contributed by atoms with Gasteiger partial charge in [0.05, 0.1) is 5.52 Å². The molecule has 1 heterocycles. The summed E-state index contributed by atoms with van der Waals surface area (Å²) in [6, 6.07) is 3.77. The summed E-state index contributed by atoms with van der Waals surface area (Å²) in [7, 11) is 0. The fraction of sp³-hybridized carbons (Fsp3) is 0. The monoisotopic (exact) mass is 285 g/mol. The Labute approximate surface area is 96.8 Å². The normalized spacial score (nSPS) is 10.6. The number of carbonyl (C=O) groups is 1. The second kappa shape index (κ2) is 3.71. The van der Waals surface area contributed by atoms with Gasteiger partial charge < -0.3 is 10.1 Å². The van der Waals surface area contributed by atoms with E-state index in [9.17, 15) is 14.0 Å². The lowest BCUT2D eigenvalue weighted by Gasteiger charge is -2.03. The zero-order valence-corrected chi connectivity index (χ0v) is 9.34. The molecule has 0 aliphatic heterocycles. The number of H-pyrrole nitrogens is 1. The number of benzene rings is 1. The summed E-state index contributed by atoms with van der Waals surface area (Å²) in [4.78, 5) is 24.3. The maximum Gasteiger partial charge on any atom is 0.341 e. The molecular weight excluding hydrogens is 281 g/mol. The minimum absolute atomic E-state index is 0.00984. The summed E-state index contributed by atoms with van der Waals surface area (Å²) in [5.74, 6) is -1.95. The van der Waals surface area contributed by atoms with E-state index in [1.165, 1.54) is 12.1 Å². The van der Waals surface area contributed by atoms with Gasteiger partial charge in [0.1, 0.15) is 11.4 Å². The second-order valence-electron chi connectivity index (χ2n) is 3.14. The quantitative estimate of drug-likeness (QED) is 0.843. The predicted octanol–water partition coefficient (Wildman–Crippen LogP) is 2.13. The van der Waals surface area contributed by atoms with Crippen molar-refractivity contribution >= 4 is 32.8 Å². The third kappa shape index (κ3) is 1.61. The first kappa shape index (κ1) is 10.8. The molecule has 0 saturated heterocycles. The van der Waals surface area contributed by atoms with E-state index < -0.39 is 22.9 Å². The van der Waals surface area contributed by atoms with Crippen LogP contribution in [0.1, 0.15) is 10.4 Å². The van der Waals surface area contributed by atoms with E-state index in [-0.39, 0.29) is 5.52 Å². The van der Waals surface area contributed by atoms with Crippen molar-refractivity contribution in [3.63, 3.8) is 0 Å². The first-order valence-corrected chi connectivity index (χ1v) is 5.04. The molecule has 0 unspecified atom stereocenters. The fourth-order valence-electron chi connectivity index (χ4n) is 1.39. The molecule has 0 fully saturated rings. The average Bonchev–Trinajstić information content (AvgIpc) is 2.23. The van der Waals surface area contributed by atoms with Gasteiger partial charge in [0.2, 0.25) is 0 Å². The third-order valence-corrected chi connectivity index (χ3v) is 2.84. The number of fused-ring (bicyclic) bond motifs is 1. The molecule has 6 heteroatoms. The number of nitrogens with one attached hydrogen (secondary N) is 1.